The summed E-state index contributed by atoms with van der Waals surface area (Å²) in [6.07, 6.45) is 1.02. The number of amides is 1. The van der Waals surface area contributed by atoms with Gasteiger partial charge in [-0.2, -0.15) is 0 Å². The lowest BCUT2D eigenvalue weighted by Crippen LogP contribution is -2.35. The van der Waals surface area contributed by atoms with Crippen molar-refractivity contribution >= 4 is 16.8 Å². The van der Waals surface area contributed by atoms with Gasteiger partial charge in [-0.3, -0.25) is 4.79 Å². The van der Waals surface area contributed by atoms with Crippen LogP contribution in [0.1, 0.15) is 16.9 Å². The third-order valence-electron chi connectivity index (χ3n) is 3.80. The number of nitrogens with zero attached hydrogens (tertiary/aromatic N) is 2. The summed E-state index contributed by atoms with van der Waals surface area (Å²) in [4.78, 5) is 14.6. The van der Waals surface area contributed by atoms with Crippen molar-refractivity contribution in [3.05, 3.63) is 36.0 Å². The molecule has 0 aliphatic carbocycles. The molecule has 0 spiro atoms. The first-order chi connectivity index (χ1) is 9.27. The SMILES string of the molecule is Cn1c(C(=O)N2CCCNCC2)cc2ccccc21. The van der Waals surface area contributed by atoms with Crippen molar-refractivity contribution in [1.29, 1.82) is 0 Å². The van der Waals surface area contributed by atoms with Crippen LogP contribution in [0.4, 0.5) is 0 Å². The number of nitrogens with one attached hydrogen (secondary N) is 1. The van der Waals surface area contributed by atoms with Crippen molar-refractivity contribution in [2.75, 3.05) is 26.2 Å². The zero-order chi connectivity index (χ0) is 13.2. The molecule has 1 aromatic heterocycles. The van der Waals surface area contributed by atoms with Gasteiger partial charge >= 0.3 is 0 Å². The minimum absolute atomic E-state index is 0.141. The summed E-state index contributed by atoms with van der Waals surface area (Å²) in [5.74, 6) is 0.141. The van der Waals surface area contributed by atoms with Gasteiger partial charge in [-0.15, -0.1) is 0 Å². The van der Waals surface area contributed by atoms with Crippen molar-refractivity contribution < 1.29 is 4.79 Å². The fourth-order valence-electron chi connectivity index (χ4n) is 2.70. The molecule has 4 nitrogen and oxygen atoms in total. The van der Waals surface area contributed by atoms with Crippen LogP contribution in [0.3, 0.4) is 0 Å². The average Bonchev–Trinajstić information content (AvgIpc) is 2.64. The Morgan fingerprint density at radius 2 is 2.05 bits per heavy atom. The Bertz CT molecular complexity index is 594. The molecule has 100 valence electrons. The molecule has 0 bridgehead atoms. The van der Waals surface area contributed by atoms with E-state index in [4.69, 9.17) is 0 Å². The average molecular weight is 257 g/mol. The van der Waals surface area contributed by atoms with Crippen molar-refractivity contribution in [3.8, 4) is 0 Å². The summed E-state index contributed by atoms with van der Waals surface area (Å²) < 4.78 is 2.00. The van der Waals surface area contributed by atoms with Crippen molar-refractivity contribution in [3.63, 3.8) is 0 Å². The fraction of sp³-hybridized carbons (Fsp3) is 0.400. The molecular formula is C15H19N3O. The van der Waals surface area contributed by atoms with Crippen LogP contribution in [0.15, 0.2) is 30.3 Å². The topological polar surface area (TPSA) is 37.3 Å². The van der Waals surface area contributed by atoms with Gasteiger partial charge in [-0.1, -0.05) is 18.2 Å². The largest absolute Gasteiger partial charge is 0.340 e. The molecule has 0 radical (unpaired) electrons. The third kappa shape index (κ3) is 2.24. The predicted octanol–water partition coefficient (Wildman–Crippen LogP) is 1.61. The van der Waals surface area contributed by atoms with E-state index in [1.54, 1.807) is 0 Å². The van der Waals surface area contributed by atoms with E-state index in [9.17, 15) is 4.79 Å². The predicted molar refractivity (Wildman–Crippen MR) is 76.3 cm³/mol. The Kier molecular flexibility index (Phi) is 3.25. The van der Waals surface area contributed by atoms with Crippen LogP contribution in [-0.2, 0) is 7.05 Å². The van der Waals surface area contributed by atoms with Gasteiger partial charge in [-0.25, -0.2) is 0 Å². The minimum Gasteiger partial charge on any atom is -0.340 e. The maximum atomic E-state index is 12.6. The third-order valence-corrected chi connectivity index (χ3v) is 3.80. The van der Waals surface area contributed by atoms with Crippen LogP contribution in [0, 0.1) is 0 Å². The quantitative estimate of drug-likeness (QED) is 0.843. The molecule has 1 N–H and O–H groups in total. The summed E-state index contributed by atoms with van der Waals surface area (Å²) >= 11 is 0. The zero-order valence-electron chi connectivity index (χ0n) is 11.2. The van der Waals surface area contributed by atoms with Crippen LogP contribution in [0.5, 0.6) is 0 Å². The molecule has 0 saturated carbocycles. The molecule has 3 rings (SSSR count). The Hall–Kier alpha value is -1.81. The number of para-hydroxylation sites is 1. The fourth-order valence-corrected chi connectivity index (χ4v) is 2.70. The highest BCUT2D eigenvalue weighted by atomic mass is 16.2. The summed E-state index contributed by atoms with van der Waals surface area (Å²) in [6, 6.07) is 10.1. The number of aryl methyl sites for hydroxylation is 1. The van der Waals surface area contributed by atoms with E-state index in [0.717, 1.165) is 49.2 Å². The number of carbonyl (C=O) groups is 1. The molecular weight excluding hydrogens is 238 g/mol. The molecule has 2 heterocycles. The highest BCUT2D eigenvalue weighted by Crippen LogP contribution is 2.19. The highest BCUT2D eigenvalue weighted by Gasteiger charge is 2.20. The number of hydrogen-bond acceptors (Lipinski definition) is 2. The Morgan fingerprint density at radius 3 is 2.89 bits per heavy atom. The van der Waals surface area contributed by atoms with E-state index in [0.29, 0.717) is 0 Å². The Labute approximate surface area is 113 Å². The summed E-state index contributed by atoms with van der Waals surface area (Å²) in [6.45, 7) is 3.52. The number of rotatable bonds is 1. The normalized spacial score (nSPS) is 16.6. The van der Waals surface area contributed by atoms with Crippen LogP contribution >= 0.6 is 0 Å². The van der Waals surface area contributed by atoms with Gasteiger partial charge in [-0.05, 0) is 25.1 Å². The van der Waals surface area contributed by atoms with E-state index in [1.807, 2.05) is 34.7 Å². The van der Waals surface area contributed by atoms with Crippen LogP contribution < -0.4 is 5.32 Å². The first-order valence-corrected chi connectivity index (χ1v) is 6.82. The van der Waals surface area contributed by atoms with Gasteiger partial charge in [0.1, 0.15) is 5.69 Å². The molecule has 1 aliphatic heterocycles. The van der Waals surface area contributed by atoms with E-state index >= 15 is 0 Å². The maximum Gasteiger partial charge on any atom is 0.270 e. The van der Waals surface area contributed by atoms with Gasteiger partial charge in [0, 0.05) is 37.6 Å². The van der Waals surface area contributed by atoms with Gasteiger partial charge in [0.25, 0.3) is 5.91 Å². The van der Waals surface area contributed by atoms with Crippen molar-refractivity contribution in [2.45, 2.75) is 6.42 Å². The molecule has 0 unspecified atom stereocenters. The lowest BCUT2D eigenvalue weighted by molar-refractivity contribution is 0.0757. The highest BCUT2D eigenvalue weighted by molar-refractivity contribution is 5.98. The van der Waals surface area contributed by atoms with Gasteiger partial charge in [0.15, 0.2) is 0 Å². The summed E-state index contributed by atoms with van der Waals surface area (Å²) in [7, 11) is 1.96. The molecule has 1 saturated heterocycles. The Morgan fingerprint density at radius 1 is 1.21 bits per heavy atom. The molecule has 1 fully saturated rings. The number of benzene rings is 1. The first-order valence-electron chi connectivity index (χ1n) is 6.82. The van der Waals surface area contributed by atoms with Crippen molar-refractivity contribution in [1.82, 2.24) is 14.8 Å². The van der Waals surface area contributed by atoms with E-state index in [2.05, 4.69) is 17.4 Å². The lowest BCUT2D eigenvalue weighted by atomic mass is 10.2. The standard InChI is InChI=1S/C15H19N3O/c1-17-13-6-3-2-5-12(13)11-14(17)15(19)18-9-4-7-16-8-10-18/h2-3,5-6,11,16H,4,7-10H2,1H3. The van der Waals surface area contributed by atoms with Crippen LogP contribution in [-0.4, -0.2) is 41.6 Å². The van der Waals surface area contributed by atoms with E-state index in [-0.39, 0.29) is 5.91 Å². The number of hydrogen-bond donors (Lipinski definition) is 1. The molecule has 2 aromatic rings. The van der Waals surface area contributed by atoms with Crippen LogP contribution in [0.25, 0.3) is 10.9 Å². The molecule has 1 aliphatic rings. The number of carbonyl (C=O) groups excluding carboxylic acids is 1. The maximum absolute atomic E-state index is 12.6. The monoisotopic (exact) mass is 257 g/mol. The second-order valence-corrected chi connectivity index (χ2v) is 5.04. The van der Waals surface area contributed by atoms with E-state index < -0.39 is 0 Å². The second kappa shape index (κ2) is 5.05. The minimum atomic E-state index is 0.141. The number of aromatic nitrogens is 1. The van der Waals surface area contributed by atoms with Gasteiger partial charge < -0.3 is 14.8 Å². The van der Waals surface area contributed by atoms with Gasteiger partial charge in [0.05, 0.1) is 0 Å². The summed E-state index contributed by atoms with van der Waals surface area (Å²) in [5, 5.41) is 4.45. The zero-order valence-corrected chi connectivity index (χ0v) is 11.2. The molecule has 1 amide bonds. The second-order valence-electron chi connectivity index (χ2n) is 5.04. The van der Waals surface area contributed by atoms with Crippen molar-refractivity contribution in [2.24, 2.45) is 7.05 Å². The molecule has 1 aromatic carbocycles. The van der Waals surface area contributed by atoms with Gasteiger partial charge in [0.2, 0.25) is 0 Å². The van der Waals surface area contributed by atoms with Crippen LogP contribution in [0.2, 0.25) is 0 Å². The Balaban J connectivity index is 1.94. The smallest absolute Gasteiger partial charge is 0.270 e. The lowest BCUT2D eigenvalue weighted by Gasteiger charge is -2.20. The number of fused-ring (bicyclic) bond motifs is 1. The molecule has 19 heavy (non-hydrogen) atoms. The first kappa shape index (κ1) is 12.2. The summed E-state index contributed by atoms with van der Waals surface area (Å²) in [5.41, 5.74) is 1.89. The van der Waals surface area contributed by atoms with E-state index in [1.165, 1.54) is 0 Å². The molecule has 4 heteroatoms. The molecule has 0 atom stereocenters.